The van der Waals surface area contributed by atoms with Gasteiger partial charge >= 0.3 is 0 Å². The molecule has 0 fully saturated rings. The summed E-state index contributed by atoms with van der Waals surface area (Å²) < 4.78 is 8.73. The number of carbonyl (C=O) groups excluding carboxylic acids is 1. The van der Waals surface area contributed by atoms with Crippen molar-refractivity contribution in [1.29, 1.82) is 0 Å². The number of carbonyl (C=O) groups is 1. The molecule has 0 aliphatic carbocycles. The van der Waals surface area contributed by atoms with Gasteiger partial charge in [-0.15, -0.1) is 12.4 Å². The van der Waals surface area contributed by atoms with Crippen molar-refractivity contribution in [3.8, 4) is 5.75 Å². The van der Waals surface area contributed by atoms with Gasteiger partial charge in [0, 0.05) is 17.2 Å². The van der Waals surface area contributed by atoms with Crippen LogP contribution in [0.4, 0.5) is 0 Å². The molecular formula is C22H25BrClN3O3. The number of rotatable bonds is 10. The number of aryl methyl sites for hydroxylation is 1. The number of nitrogens with two attached hydrogens (primary N) is 1. The van der Waals surface area contributed by atoms with Gasteiger partial charge < -0.3 is 20.1 Å². The Kier molecular flexibility index (Phi) is 9.36. The Morgan fingerprint density at radius 1 is 1.23 bits per heavy atom. The van der Waals surface area contributed by atoms with E-state index in [1.807, 2.05) is 42.5 Å². The van der Waals surface area contributed by atoms with E-state index in [4.69, 9.17) is 10.5 Å². The van der Waals surface area contributed by atoms with Crippen LogP contribution in [0.3, 0.4) is 0 Å². The number of primary amides is 1. The highest BCUT2D eigenvalue weighted by atomic mass is 79.9. The van der Waals surface area contributed by atoms with Gasteiger partial charge in [0.25, 0.3) is 5.91 Å². The van der Waals surface area contributed by atoms with E-state index in [0.717, 1.165) is 34.2 Å². The molecule has 1 atom stereocenters. The largest absolute Gasteiger partial charge is 0.489 e. The van der Waals surface area contributed by atoms with E-state index in [1.165, 1.54) is 6.33 Å². The van der Waals surface area contributed by atoms with Gasteiger partial charge in [0.05, 0.1) is 12.4 Å². The average Bonchev–Trinajstić information content (AvgIpc) is 3.16. The minimum atomic E-state index is -0.572. The molecule has 30 heavy (non-hydrogen) atoms. The summed E-state index contributed by atoms with van der Waals surface area (Å²) in [6, 6.07) is 16.0. The molecule has 3 rings (SSSR count). The predicted molar refractivity (Wildman–Crippen MR) is 122 cm³/mol. The van der Waals surface area contributed by atoms with Crippen LogP contribution < -0.4 is 10.5 Å². The first kappa shape index (κ1) is 23.9. The number of nitrogens with zero attached hydrogens (tertiary/aromatic N) is 2. The number of hydrogen-bond acceptors (Lipinski definition) is 4. The highest BCUT2D eigenvalue weighted by Crippen LogP contribution is 2.22. The first-order chi connectivity index (χ1) is 14.0. The summed E-state index contributed by atoms with van der Waals surface area (Å²) in [7, 11) is 0. The predicted octanol–water partition coefficient (Wildman–Crippen LogP) is 4.13. The maximum atomic E-state index is 11.1. The summed E-state index contributed by atoms with van der Waals surface area (Å²) in [6.45, 7) is 0.878. The van der Waals surface area contributed by atoms with Gasteiger partial charge in [-0.05, 0) is 48.6 Å². The molecule has 0 spiro atoms. The molecular weight excluding hydrogens is 470 g/mol. The number of para-hydroxylation sites is 1. The molecule has 3 N–H and O–H groups in total. The van der Waals surface area contributed by atoms with Gasteiger partial charge in [0.15, 0.2) is 0 Å². The van der Waals surface area contributed by atoms with Crippen LogP contribution >= 0.6 is 28.3 Å². The Hall–Kier alpha value is -2.35. The lowest BCUT2D eigenvalue weighted by Crippen LogP contribution is -2.15. The number of aliphatic hydroxyl groups excluding tert-OH is 1. The number of ether oxygens (including phenoxy) is 1. The van der Waals surface area contributed by atoms with Crippen LogP contribution in [-0.2, 0) is 19.6 Å². The standard InChI is InChI=1S/C22H24BrN3O3.ClH/c23-18-8-3-5-16(11-18)14-29-21-10-2-1-6-17(21)7-4-9-19(27)12-26-13-20(22(24)28)25-15-26;/h1-3,5-6,8,10-11,13,15,19,27H,4,7,9,12,14H2,(H2,24,28);1H. The lowest BCUT2D eigenvalue weighted by atomic mass is 10.0. The number of hydrogen-bond donors (Lipinski definition) is 2. The Morgan fingerprint density at radius 3 is 2.77 bits per heavy atom. The zero-order valence-electron chi connectivity index (χ0n) is 16.4. The molecule has 0 saturated heterocycles. The molecule has 8 heteroatoms. The van der Waals surface area contributed by atoms with Crippen molar-refractivity contribution in [3.05, 3.63) is 82.3 Å². The highest BCUT2D eigenvalue weighted by molar-refractivity contribution is 9.10. The van der Waals surface area contributed by atoms with E-state index >= 15 is 0 Å². The summed E-state index contributed by atoms with van der Waals surface area (Å²) in [6.07, 6.45) is 4.78. The van der Waals surface area contributed by atoms with E-state index in [9.17, 15) is 9.90 Å². The first-order valence-electron chi connectivity index (χ1n) is 9.46. The third-order valence-corrected chi connectivity index (χ3v) is 5.04. The summed E-state index contributed by atoms with van der Waals surface area (Å²) in [5.41, 5.74) is 7.61. The lowest BCUT2D eigenvalue weighted by molar-refractivity contribution is 0.0995. The maximum Gasteiger partial charge on any atom is 0.268 e. The first-order valence-corrected chi connectivity index (χ1v) is 10.3. The third-order valence-electron chi connectivity index (χ3n) is 4.55. The van der Waals surface area contributed by atoms with Crippen LogP contribution in [0.5, 0.6) is 5.75 Å². The fourth-order valence-corrected chi connectivity index (χ4v) is 3.54. The number of aromatic nitrogens is 2. The number of halogens is 2. The Morgan fingerprint density at radius 2 is 2.03 bits per heavy atom. The van der Waals surface area contributed by atoms with Gasteiger partial charge in [-0.25, -0.2) is 4.98 Å². The molecule has 6 nitrogen and oxygen atoms in total. The summed E-state index contributed by atoms with van der Waals surface area (Å²) in [5, 5.41) is 10.3. The van der Waals surface area contributed by atoms with Gasteiger partial charge in [-0.3, -0.25) is 4.79 Å². The normalized spacial score (nSPS) is 11.5. The second kappa shape index (κ2) is 11.7. The molecule has 1 unspecified atom stereocenters. The van der Waals surface area contributed by atoms with Crippen LogP contribution in [-0.4, -0.2) is 26.7 Å². The minimum absolute atomic E-state index is 0. The molecule has 0 radical (unpaired) electrons. The zero-order chi connectivity index (χ0) is 20.6. The van der Waals surface area contributed by atoms with Gasteiger partial charge in [0.2, 0.25) is 0 Å². The zero-order valence-corrected chi connectivity index (χ0v) is 18.8. The molecule has 2 aromatic carbocycles. The molecule has 1 amide bonds. The Labute approximate surface area is 190 Å². The SMILES string of the molecule is Cl.NC(=O)c1cn(CC(O)CCCc2ccccc2OCc2cccc(Br)c2)cn1. The van der Waals surface area contributed by atoms with Crippen molar-refractivity contribution in [2.45, 2.75) is 38.5 Å². The lowest BCUT2D eigenvalue weighted by Gasteiger charge is -2.14. The number of aliphatic hydroxyl groups is 1. The minimum Gasteiger partial charge on any atom is -0.489 e. The van der Waals surface area contributed by atoms with Gasteiger partial charge in [-0.2, -0.15) is 0 Å². The highest BCUT2D eigenvalue weighted by Gasteiger charge is 2.10. The van der Waals surface area contributed by atoms with Crippen LogP contribution in [0.25, 0.3) is 0 Å². The molecule has 160 valence electrons. The number of benzene rings is 2. The quantitative estimate of drug-likeness (QED) is 0.443. The molecule has 1 heterocycles. The van der Waals surface area contributed by atoms with Crippen LogP contribution in [0.2, 0.25) is 0 Å². The Balaban J connectivity index is 0.00000320. The topological polar surface area (TPSA) is 90.4 Å². The van der Waals surface area contributed by atoms with Crippen molar-refractivity contribution in [2.75, 3.05) is 0 Å². The van der Waals surface area contributed by atoms with Crippen molar-refractivity contribution < 1.29 is 14.6 Å². The van der Waals surface area contributed by atoms with E-state index in [-0.39, 0.29) is 18.1 Å². The van der Waals surface area contributed by atoms with Crippen molar-refractivity contribution >= 4 is 34.2 Å². The molecule has 0 saturated carbocycles. The second-order valence-corrected chi connectivity index (χ2v) is 7.81. The third kappa shape index (κ3) is 7.16. The number of amides is 1. The van der Waals surface area contributed by atoms with Crippen LogP contribution in [0.1, 0.15) is 34.5 Å². The number of imidazole rings is 1. The molecule has 0 bridgehead atoms. The van der Waals surface area contributed by atoms with Crippen LogP contribution in [0, 0.1) is 0 Å². The average molecular weight is 495 g/mol. The van der Waals surface area contributed by atoms with Gasteiger partial charge in [0.1, 0.15) is 18.1 Å². The molecule has 0 aliphatic heterocycles. The monoisotopic (exact) mass is 493 g/mol. The molecule has 1 aromatic heterocycles. The molecule has 3 aromatic rings. The van der Waals surface area contributed by atoms with E-state index in [0.29, 0.717) is 19.6 Å². The fourth-order valence-electron chi connectivity index (χ4n) is 3.09. The van der Waals surface area contributed by atoms with Crippen molar-refractivity contribution in [1.82, 2.24) is 9.55 Å². The molecule has 0 aliphatic rings. The summed E-state index contributed by atoms with van der Waals surface area (Å²) in [4.78, 5) is 15.0. The van der Waals surface area contributed by atoms with Crippen LogP contribution in [0.15, 0.2) is 65.5 Å². The maximum absolute atomic E-state index is 11.1. The van der Waals surface area contributed by atoms with E-state index < -0.39 is 12.0 Å². The Bertz CT molecular complexity index is 964. The van der Waals surface area contributed by atoms with E-state index in [2.05, 4.69) is 27.0 Å². The van der Waals surface area contributed by atoms with E-state index in [1.54, 1.807) is 10.8 Å². The fraction of sp³-hybridized carbons (Fsp3) is 0.273. The summed E-state index contributed by atoms with van der Waals surface area (Å²) in [5.74, 6) is 0.292. The van der Waals surface area contributed by atoms with Gasteiger partial charge in [-0.1, -0.05) is 46.3 Å². The summed E-state index contributed by atoms with van der Waals surface area (Å²) >= 11 is 3.47. The second-order valence-electron chi connectivity index (χ2n) is 6.89. The van der Waals surface area contributed by atoms with Crippen molar-refractivity contribution in [2.24, 2.45) is 5.73 Å². The smallest absolute Gasteiger partial charge is 0.268 e. The van der Waals surface area contributed by atoms with Crippen molar-refractivity contribution in [3.63, 3.8) is 0 Å².